The van der Waals surface area contributed by atoms with Crippen LogP contribution in [0.4, 0.5) is 5.13 Å². The highest BCUT2D eigenvalue weighted by molar-refractivity contribution is 7.09. The number of nitrogens with one attached hydrogen (secondary N) is 1. The second-order valence-electron chi connectivity index (χ2n) is 3.55. The van der Waals surface area contributed by atoms with Crippen molar-refractivity contribution in [2.45, 2.75) is 45.6 Å². The topological polar surface area (TPSA) is 75.1 Å². The van der Waals surface area contributed by atoms with Gasteiger partial charge in [0.15, 0.2) is 0 Å². The highest BCUT2D eigenvalue weighted by atomic mass is 32.1. The van der Waals surface area contributed by atoms with Gasteiger partial charge in [-0.25, -0.2) is 9.78 Å². The maximum atomic E-state index is 11.0. The number of hydrogen-bond donors (Lipinski definition) is 2. The van der Waals surface area contributed by atoms with Gasteiger partial charge in [-0.1, -0.05) is 26.7 Å². The zero-order valence-electron chi connectivity index (χ0n) is 9.56. The van der Waals surface area contributed by atoms with E-state index in [1.807, 2.05) is 13.8 Å². The van der Waals surface area contributed by atoms with Crippen LogP contribution < -0.4 is 5.32 Å². The fraction of sp³-hybridized carbons (Fsp3) is 0.700. The number of hydrogen-bond acceptors (Lipinski definition) is 5. The number of aryl methyl sites for hydroxylation is 1. The van der Waals surface area contributed by atoms with Gasteiger partial charge < -0.3 is 10.4 Å². The molecule has 0 fully saturated rings. The number of anilines is 1. The maximum Gasteiger partial charge on any atom is 0.326 e. The van der Waals surface area contributed by atoms with E-state index in [4.69, 9.17) is 5.11 Å². The largest absolute Gasteiger partial charge is 0.480 e. The summed E-state index contributed by atoms with van der Waals surface area (Å²) in [5.41, 5.74) is 0. The van der Waals surface area contributed by atoms with Crippen molar-refractivity contribution in [1.29, 1.82) is 0 Å². The summed E-state index contributed by atoms with van der Waals surface area (Å²) in [5.74, 6) is -0.0752. The summed E-state index contributed by atoms with van der Waals surface area (Å²) in [4.78, 5) is 15.2. The molecule has 0 amide bonds. The Hall–Kier alpha value is -1.17. The van der Waals surface area contributed by atoms with Crippen LogP contribution in [0, 0.1) is 0 Å². The summed E-state index contributed by atoms with van der Waals surface area (Å²) in [6.07, 6.45) is 3.27. The van der Waals surface area contributed by atoms with Gasteiger partial charge in [-0.2, -0.15) is 4.37 Å². The van der Waals surface area contributed by atoms with Gasteiger partial charge in [-0.3, -0.25) is 0 Å². The van der Waals surface area contributed by atoms with Crippen LogP contribution in [0.2, 0.25) is 0 Å². The molecular formula is C10H17N3O2S. The first-order chi connectivity index (χ1) is 7.67. The highest BCUT2D eigenvalue weighted by Crippen LogP contribution is 2.15. The lowest BCUT2D eigenvalue weighted by Gasteiger charge is -2.12. The molecule has 0 bridgehead atoms. The predicted molar refractivity (Wildman–Crippen MR) is 63.9 cm³/mol. The number of carbonyl (C=O) groups is 1. The fourth-order valence-electron chi connectivity index (χ4n) is 1.27. The first kappa shape index (κ1) is 12.9. The molecule has 1 aromatic rings. The molecule has 0 radical (unpaired) electrons. The van der Waals surface area contributed by atoms with Crippen LogP contribution in [0.5, 0.6) is 0 Å². The van der Waals surface area contributed by atoms with Gasteiger partial charge in [0.1, 0.15) is 11.9 Å². The molecule has 1 atom stereocenters. The molecule has 0 spiro atoms. The van der Waals surface area contributed by atoms with Gasteiger partial charge in [0.05, 0.1) is 0 Å². The Morgan fingerprint density at radius 3 is 2.81 bits per heavy atom. The average molecular weight is 243 g/mol. The summed E-state index contributed by atoms with van der Waals surface area (Å²) in [5, 5.41) is 12.5. The number of aromatic nitrogens is 2. The van der Waals surface area contributed by atoms with Gasteiger partial charge in [0.25, 0.3) is 0 Å². The Bertz CT molecular complexity index is 341. The quantitative estimate of drug-likeness (QED) is 0.767. The summed E-state index contributed by atoms with van der Waals surface area (Å²) < 4.78 is 4.10. The Kier molecular flexibility index (Phi) is 5.18. The zero-order chi connectivity index (χ0) is 12.0. The smallest absolute Gasteiger partial charge is 0.326 e. The summed E-state index contributed by atoms with van der Waals surface area (Å²) in [6.45, 7) is 4.01. The molecule has 6 heteroatoms. The summed E-state index contributed by atoms with van der Waals surface area (Å²) in [7, 11) is 0. The minimum absolute atomic E-state index is 0.558. The third kappa shape index (κ3) is 3.77. The van der Waals surface area contributed by atoms with E-state index in [9.17, 15) is 4.79 Å². The molecule has 2 N–H and O–H groups in total. The molecular weight excluding hydrogens is 226 g/mol. The van der Waals surface area contributed by atoms with E-state index in [1.54, 1.807) is 0 Å². The Morgan fingerprint density at radius 1 is 1.56 bits per heavy atom. The number of nitrogens with zero attached hydrogens (tertiary/aromatic N) is 2. The number of carboxylic acids is 1. The van der Waals surface area contributed by atoms with Crippen LogP contribution in [0.1, 0.15) is 38.9 Å². The van der Waals surface area contributed by atoms with Crippen LogP contribution in [0.3, 0.4) is 0 Å². The van der Waals surface area contributed by atoms with Gasteiger partial charge in [-0.15, -0.1) is 0 Å². The van der Waals surface area contributed by atoms with Crippen LogP contribution in [0.15, 0.2) is 0 Å². The first-order valence-electron chi connectivity index (χ1n) is 5.49. The SMILES string of the molecule is CCCC[C@H](Nc1nc(CC)ns1)C(=O)O. The van der Waals surface area contributed by atoms with Crippen LogP contribution >= 0.6 is 11.5 Å². The van der Waals surface area contributed by atoms with Gasteiger partial charge in [-0.05, 0) is 6.42 Å². The minimum atomic E-state index is -0.832. The molecule has 5 nitrogen and oxygen atoms in total. The second-order valence-corrected chi connectivity index (χ2v) is 4.30. The van der Waals surface area contributed by atoms with E-state index in [0.29, 0.717) is 11.6 Å². The summed E-state index contributed by atoms with van der Waals surface area (Å²) >= 11 is 1.22. The van der Waals surface area contributed by atoms with Gasteiger partial charge >= 0.3 is 5.97 Å². The van der Waals surface area contributed by atoms with E-state index in [0.717, 1.165) is 25.1 Å². The van der Waals surface area contributed by atoms with Crippen LogP contribution in [-0.4, -0.2) is 26.5 Å². The maximum absolute atomic E-state index is 11.0. The lowest BCUT2D eigenvalue weighted by atomic mass is 10.1. The van der Waals surface area contributed by atoms with E-state index in [1.165, 1.54) is 11.5 Å². The van der Waals surface area contributed by atoms with Crippen LogP contribution in [0.25, 0.3) is 0 Å². The van der Waals surface area contributed by atoms with E-state index >= 15 is 0 Å². The van der Waals surface area contributed by atoms with E-state index in [2.05, 4.69) is 14.7 Å². The second kappa shape index (κ2) is 6.42. The van der Waals surface area contributed by atoms with Crippen molar-refractivity contribution >= 4 is 22.6 Å². The van der Waals surface area contributed by atoms with E-state index in [-0.39, 0.29) is 0 Å². The molecule has 0 aliphatic heterocycles. The molecule has 16 heavy (non-hydrogen) atoms. The third-order valence-electron chi connectivity index (χ3n) is 2.23. The van der Waals surface area contributed by atoms with Crippen molar-refractivity contribution < 1.29 is 9.90 Å². The molecule has 0 aliphatic carbocycles. The standard InChI is InChI=1S/C10H17N3O2S/c1-3-5-6-7(9(14)15)11-10-12-8(4-2)13-16-10/h7H,3-6H2,1-2H3,(H,14,15)(H,11,12,13)/t7-/m0/s1. The van der Waals surface area contributed by atoms with Crippen molar-refractivity contribution in [2.24, 2.45) is 0 Å². The highest BCUT2D eigenvalue weighted by Gasteiger charge is 2.17. The molecule has 1 aromatic heterocycles. The van der Waals surface area contributed by atoms with Crippen LogP contribution in [-0.2, 0) is 11.2 Å². The summed E-state index contributed by atoms with van der Waals surface area (Å²) in [6, 6.07) is -0.558. The zero-order valence-corrected chi connectivity index (χ0v) is 10.4. The fourth-order valence-corrected chi connectivity index (χ4v) is 1.97. The van der Waals surface area contributed by atoms with Gasteiger partial charge in [0, 0.05) is 18.0 Å². The molecule has 0 aromatic carbocycles. The monoisotopic (exact) mass is 243 g/mol. The van der Waals surface area contributed by atoms with Crippen molar-refractivity contribution in [3.05, 3.63) is 5.82 Å². The van der Waals surface area contributed by atoms with Crippen molar-refractivity contribution in [3.8, 4) is 0 Å². The third-order valence-corrected chi connectivity index (χ3v) is 2.91. The Morgan fingerprint density at radius 2 is 2.31 bits per heavy atom. The molecule has 0 saturated carbocycles. The molecule has 1 heterocycles. The molecule has 0 unspecified atom stereocenters. The molecule has 0 aliphatic rings. The molecule has 90 valence electrons. The van der Waals surface area contributed by atoms with Crippen molar-refractivity contribution in [1.82, 2.24) is 9.36 Å². The molecule has 1 rings (SSSR count). The number of carboxylic acid groups (broad SMARTS) is 1. The normalized spacial score (nSPS) is 12.4. The first-order valence-corrected chi connectivity index (χ1v) is 6.26. The van der Waals surface area contributed by atoms with Crippen molar-refractivity contribution in [3.63, 3.8) is 0 Å². The van der Waals surface area contributed by atoms with Gasteiger partial charge in [0.2, 0.25) is 5.13 Å². The minimum Gasteiger partial charge on any atom is -0.480 e. The Labute approximate surface area is 99.1 Å². The number of unbranched alkanes of at least 4 members (excludes halogenated alkanes) is 1. The van der Waals surface area contributed by atoms with Crippen molar-refractivity contribution in [2.75, 3.05) is 5.32 Å². The Balaban J connectivity index is 2.56. The average Bonchev–Trinajstić information content (AvgIpc) is 2.71. The lowest BCUT2D eigenvalue weighted by Crippen LogP contribution is -2.29. The van der Waals surface area contributed by atoms with E-state index < -0.39 is 12.0 Å². The number of aliphatic carboxylic acids is 1. The number of rotatable bonds is 7. The molecule has 0 saturated heterocycles. The predicted octanol–water partition coefficient (Wildman–Crippen LogP) is 2.16. The lowest BCUT2D eigenvalue weighted by molar-refractivity contribution is -0.138.